The first kappa shape index (κ1) is 17.6. The van der Waals surface area contributed by atoms with Crippen LogP contribution in [-0.2, 0) is 0 Å². The van der Waals surface area contributed by atoms with Gasteiger partial charge in [-0.25, -0.2) is 4.79 Å². The first-order valence-corrected chi connectivity index (χ1v) is 9.16. The number of urea groups is 1. The van der Waals surface area contributed by atoms with Gasteiger partial charge in [0.1, 0.15) is 12.4 Å². The summed E-state index contributed by atoms with van der Waals surface area (Å²) >= 11 is 0. The number of rotatable bonds is 5. The molecule has 0 saturated carbocycles. The van der Waals surface area contributed by atoms with E-state index in [-0.39, 0.29) is 6.03 Å². The van der Waals surface area contributed by atoms with Crippen molar-refractivity contribution in [1.82, 2.24) is 15.1 Å². The standard InChI is InChI=1S/C19H26N4O2/c20-15-16-3-5-18(6-4-16)25-14-9-21-19(24)23-12-7-17(8-13-23)22-10-1-2-11-22/h3-6,17H,1-2,7-14H2,(H,21,24). The summed E-state index contributed by atoms with van der Waals surface area (Å²) in [5.41, 5.74) is 0.609. The Morgan fingerprint density at radius 3 is 2.48 bits per heavy atom. The summed E-state index contributed by atoms with van der Waals surface area (Å²) in [6.07, 6.45) is 4.80. The second-order valence-corrected chi connectivity index (χ2v) is 6.68. The highest BCUT2D eigenvalue weighted by atomic mass is 16.5. The van der Waals surface area contributed by atoms with Gasteiger partial charge in [-0.3, -0.25) is 0 Å². The number of nitrogens with zero attached hydrogens (tertiary/aromatic N) is 3. The number of amides is 2. The molecule has 0 radical (unpaired) electrons. The van der Waals surface area contributed by atoms with Crippen LogP contribution in [0.5, 0.6) is 5.75 Å². The van der Waals surface area contributed by atoms with Crippen molar-refractivity contribution in [3.63, 3.8) is 0 Å². The first-order valence-electron chi connectivity index (χ1n) is 9.16. The summed E-state index contributed by atoms with van der Waals surface area (Å²) in [6.45, 7) is 5.02. The third kappa shape index (κ3) is 4.86. The lowest BCUT2D eigenvalue weighted by molar-refractivity contribution is 0.133. The molecule has 2 aliphatic rings. The van der Waals surface area contributed by atoms with Crippen LogP contribution in [0.3, 0.4) is 0 Å². The molecular weight excluding hydrogens is 316 g/mol. The number of likely N-dealkylation sites (tertiary alicyclic amines) is 2. The molecule has 2 saturated heterocycles. The summed E-state index contributed by atoms with van der Waals surface area (Å²) < 4.78 is 5.58. The minimum atomic E-state index is 0.00306. The number of carbonyl (C=O) groups is 1. The van der Waals surface area contributed by atoms with Crippen molar-refractivity contribution in [2.75, 3.05) is 39.3 Å². The largest absolute Gasteiger partial charge is 0.492 e. The van der Waals surface area contributed by atoms with Crippen molar-refractivity contribution in [2.45, 2.75) is 31.7 Å². The average molecular weight is 342 g/mol. The summed E-state index contributed by atoms with van der Waals surface area (Å²) in [5.74, 6) is 0.708. The molecule has 2 fully saturated rings. The first-order chi connectivity index (χ1) is 12.3. The highest BCUT2D eigenvalue weighted by Crippen LogP contribution is 2.21. The molecule has 0 aliphatic carbocycles. The van der Waals surface area contributed by atoms with Crippen LogP contribution >= 0.6 is 0 Å². The molecule has 2 heterocycles. The highest BCUT2D eigenvalue weighted by Gasteiger charge is 2.27. The van der Waals surface area contributed by atoms with Crippen LogP contribution in [-0.4, -0.2) is 61.2 Å². The van der Waals surface area contributed by atoms with Gasteiger partial charge in [0.05, 0.1) is 18.2 Å². The van der Waals surface area contributed by atoms with E-state index in [0.717, 1.165) is 25.9 Å². The Morgan fingerprint density at radius 1 is 1.16 bits per heavy atom. The fourth-order valence-electron chi connectivity index (χ4n) is 3.61. The smallest absolute Gasteiger partial charge is 0.317 e. The molecule has 2 amide bonds. The van der Waals surface area contributed by atoms with Gasteiger partial charge in [0, 0.05) is 19.1 Å². The van der Waals surface area contributed by atoms with Crippen LogP contribution in [0, 0.1) is 11.3 Å². The van der Waals surface area contributed by atoms with Gasteiger partial charge in [0.15, 0.2) is 0 Å². The van der Waals surface area contributed by atoms with E-state index in [0.29, 0.717) is 30.5 Å². The number of carbonyl (C=O) groups excluding carboxylic acids is 1. The van der Waals surface area contributed by atoms with Gasteiger partial charge in [0.25, 0.3) is 0 Å². The SMILES string of the molecule is N#Cc1ccc(OCCNC(=O)N2CCC(N3CCCC3)CC2)cc1. The predicted molar refractivity (Wildman–Crippen MR) is 95.5 cm³/mol. The van der Waals surface area contributed by atoms with E-state index >= 15 is 0 Å². The normalized spacial score (nSPS) is 18.8. The Labute approximate surface area is 149 Å². The van der Waals surface area contributed by atoms with Gasteiger partial charge in [-0.1, -0.05) is 0 Å². The summed E-state index contributed by atoms with van der Waals surface area (Å²) in [7, 11) is 0. The molecule has 1 N–H and O–H groups in total. The maximum absolute atomic E-state index is 12.2. The Hall–Kier alpha value is -2.26. The second-order valence-electron chi connectivity index (χ2n) is 6.68. The van der Waals surface area contributed by atoms with E-state index in [1.165, 1.54) is 25.9 Å². The lowest BCUT2D eigenvalue weighted by Crippen LogP contribution is -2.49. The Kier molecular flexibility index (Phi) is 6.13. The van der Waals surface area contributed by atoms with Crippen LogP contribution in [0.2, 0.25) is 0 Å². The number of piperidine rings is 1. The minimum Gasteiger partial charge on any atom is -0.492 e. The molecule has 6 heteroatoms. The van der Waals surface area contributed by atoms with E-state index in [1.807, 2.05) is 4.90 Å². The fraction of sp³-hybridized carbons (Fsp3) is 0.579. The van der Waals surface area contributed by atoms with Crippen molar-refractivity contribution < 1.29 is 9.53 Å². The van der Waals surface area contributed by atoms with Gasteiger partial charge in [-0.15, -0.1) is 0 Å². The second kappa shape index (κ2) is 8.72. The fourth-order valence-corrected chi connectivity index (χ4v) is 3.61. The van der Waals surface area contributed by atoms with Crippen molar-refractivity contribution in [2.24, 2.45) is 0 Å². The molecule has 0 spiro atoms. The van der Waals surface area contributed by atoms with Crippen LogP contribution in [0.15, 0.2) is 24.3 Å². The number of hydrogen-bond donors (Lipinski definition) is 1. The Balaban J connectivity index is 1.32. The number of hydrogen-bond acceptors (Lipinski definition) is 4. The lowest BCUT2D eigenvalue weighted by atomic mass is 10.0. The molecule has 3 rings (SSSR count). The van der Waals surface area contributed by atoms with Gasteiger partial charge in [-0.05, 0) is 63.0 Å². The van der Waals surface area contributed by atoms with E-state index < -0.39 is 0 Å². The maximum atomic E-state index is 12.2. The molecule has 0 unspecified atom stereocenters. The van der Waals surface area contributed by atoms with Crippen LogP contribution in [0.25, 0.3) is 0 Å². The maximum Gasteiger partial charge on any atom is 0.317 e. The third-order valence-electron chi connectivity index (χ3n) is 5.04. The van der Waals surface area contributed by atoms with Crippen molar-refractivity contribution in [3.8, 4) is 11.8 Å². The Morgan fingerprint density at radius 2 is 1.84 bits per heavy atom. The van der Waals surface area contributed by atoms with Crippen LogP contribution < -0.4 is 10.1 Å². The van der Waals surface area contributed by atoms with Gasteiger partial charge in [-0.2, -0.15) is 5.26 Å². The zero-order valence-corrected chi connectivity index (χ0v) is 14.6. The number of benzene rings is 1. The molecule has 25 heavy (non-hydrogen) atoms. The van der Waals surface area contributed by atoms with E-state index in [9.17, 15) is 4.79 Å². The molecular formula is C19H26N4O2. The topological polar surface area (TPSA) is 68.6 Å². The predicted octanol–water partition coefficient (Wildman–Crippen LogP) is 2.21. The number of nitriles is 1. The van der Waals surface area contributed by atoms with Gasteiger partial charge < -0.3 is 19.9 Å². The summed E-state index contributed by atoms with van der Waals surface area (Å²) in [4.78, 5) is 16.7. The number of nitrogens with one attached hydrogen (secondary N) is 1. The van der Waals surface area contributed by atoms with Crippen molar-refractivity contribution in [1.29, 1.82) is 5.26 Å². The van der Waals surface area contributed by atoms with E-state index in [2.05, 4.69) is 16.3 Å². The van der Waals surface area contributed by atoms with Crippen LogP contribution in [0.1, 0.15) is 31.2 Å². The molecule has 1 aromatic carbocycles. The molecule has 0 aromatic heterocycles. The molecule has 0 bridgehead atoms. The number of ether oxygens (including phenoxy) is 1. The molecule has 2 aliphatic heterocycles. The van der Waals surface area contributed by atoms with Crippen molar-refractivity contribution >= 4 is 6.03 Å². The zero-order valence-electron chi connectivity index (χ0n) is 14.6. The van der Waals surface area contributed by atoms with Crippen molar-refractivity contribution in [3.05, 3.63) is 29.8 Å². The minimum absolute atomic E-state index is 0.00306. The van der Waals surface area contributed by atoms with Gasteiger partial charge >= 0.3 is 6.03 Å². The molecule has 6 nitrogen and oxygen atoms in total. The highest BCUT2D eigenvalue weighted by molar-refractivity contribution is 5.74. The van der Waals surface area contributed by atoms with Gasteiger partial charge in [0.2, 0.25) is 0 Å². The summed E-state index contributed by atoms with van der Waals surface area (Å²) in [5, 5.41) is 11.7. The van der Waals surface area contributed by atoms with E-state index in [4.69, 9.17) is 10.00 Å². The molecule has 134 valence electrons. The average Bonchev–Trinajstić information content (AvgIpc) is 3.20. The molecule has 1 aromatic rings. The lowest BCUT2D eigenvalue weighted by Gasteiger charge is -2.36. The summed E-state index contributed by atoms with van der Waals surface area (Å²) in [6, 6.07) is 9.71. The van der Waals surface area contributed by atoms with Crippen LogP contribution in [0.4, 0.5) is 4.79 Å². The third-order valence-corrected chi connectivity index (χ3v) is 5.04. The zero-order chi connectivity index (χ0) is 17.5. The van der Waals surface area contributed by atoms with E-state index in [1.54, 1.807) is 24.3 Å². The quantitative estimate of drug-likeness (QED) is 0.833. The molecule has 0 atom stereocenters. The monoisotopic (exact) mass is 342 g/mol. The Bertz CT molecular complexity index is 597.